The Balaban J connectivity index is 1.28. The molecule has 7 rings (SSSR count). The highest BCUT2D eigenvalue weighted by Crippen LogP contribution is 2.64. The van der Waals surface area contributed by atoms with Gasteiger partial charge in [-0.05, 0) is 63.1 Å². The molecule has 4 atom stereocenters. The number of pyridine rings is 2. The second-order valence-electron chi connectivity index (χ2n) is 14.3. The lowest BCUT2D eigenvalue weighted by Crippen LogP contribution is -2.47. The molecule has 1 saturated heterocycles. The van der Waals surface area contributed by atoms with Crippen molar-refractivity contribution in [1.29, 1.82) is 0 Å². The molecule has 6 heterocycles. The van der Waals surface area contributed by atoms with E-state index < -0.39 is 35.1 Å². The number of hydrogen-bond donors (Lipinski definition) is 1. The zero-order valence-corrected chi connectivity index (χ0v) is 29.6. The van der Waals surface area contributed by atoms with Crippen molar-refractivity contribution in [2.75, 3.05) is 18.5 Å². The molecule has 0 radical (unpaired) electrons. The highest BCUT2D eigenvalue weighted by molar-refractivity contribution is 6.06. The van der Waals surface area contributed by atoms with E-state index in [2.05, 4.69) is 25.4 Å². The summed E-state index contributed by atoms with van der Waals surface area (Å²) in [5, 5.41) is 7.82. The smallest absolute Gasteiger partial charge is 0.381 e. The Labute approximate surface area is 298 Å². The van der Waals surface area contributed by atoms with Crippen LogP contribution >= 0.6 is 0 Å². The molecule has 3 aliphatic rings. The summed E-state index contributed by atoms with van der Waals surface area (Å²) in [6, 6.07) is 2.57. The van der Waals surface area contributed by atoms with Gasteiger partial charge in [-0.15, -0.1) is 0 Å². The van der Waals surface area contributed by atoms with Gasteiger partial charge in [0.05, 0.1) is 23.5 Å². The van der Waals surface area contributed by atoms with E-state index in [9.17, 15) is 27.6 Å². The molecule has 0 spiro atoms. The first-order valence-corrected chi connectivity index (χ1v) is 17.7. The van der Waals surface area contributed by atoms with Crippen LogP contribution in [0.3, 0.4) is 0 Å². The maximum atomic E-state index is 14.5. The number of carbonyl (C=O) groups is 3. The van der Waals surface area contributed by atoms with Crippen molar-refractivity contribution in [1.82, 2.24) is 34.6 Å². The van der Waals surface area contributed by atoms with Gasteiger partial charge in [0, 0.05) is 48.3 Å². The molecule has 2 aliphatic heterocycles. The summed E-state index contributed by atoms with van der Waals surface area (Å²) >= 11 is 0. The van der Waals surface area contributed by atoms with E-state index in [1.165, 1.54) is 17.7 Å². The third kappa shape index (κ3) is 6.54. The van der Waals surface area contributed by atoms with Crippen molar-refractivity contribution in [3.05, 3.63) is 59.1 Å². The summed E-state index contributed by atoms with van der Waals surface area (Å²) < 4.78 is 48.2. The standard InChI is InChI=1S/C37H41F3N8O4/c1-20-11-12-29(37(38,39)40)44-34(20)45-35(51)28-15-36-19-52-13-9-7-5-6-8-10-26-32-25(14-27(43-26)24-16-41-23(4)42-17-24)31(22(3)49)46-47(32)18-30(50)48(28)33(36)21(36)2/h11-12,14,16-17,21,28,33H,5-10,13,15,18-19H2,1-4H3,(H,44,45,51)/t21-,28-,33?,36+/m0/s1. The van der Waals surface area contributed by atoms with Gasteiger partial charge in [0.2, 0.25) is 11.8 Å². The molecule has 1 N–H and O–H groups in total. The maximum absolute atomic E-state index is 14.5. The summed E-state index contributed by atoms with van der Waals surface area (Å²) in [6.45, 7) is 7.41. The SMILES string of the molecule is CC(=O)c1nn2c3c(nc(-c4cnc(C)nc4)cc13)CCCCCCCOC[C@@]13C[C@@H](C(=O)Nc4nc(C(F)(F)F)ccc4C)N(C(=O)C2)C1[C@@H]3C. The van der Waals surface area contributed by atoms with Crippen molar-refractivity contribution in [2.24, 2.45) is 11.3 Å². The van der Waals surface area contributed by atoms with Crippen LogP contribution in [-0.4, -0.2) is 77.5 Å². The zero-order chi connectivity index (χ0) is 36.9. The monoisotopic (exact) mass is 718 g/mol. The molecular formula is C37H41F3N8O4. The van der Waals surface area contributed by atoms with Crippen LogP contribution in [0.2, 0.25) is 0 Å². The molecule has 2 bridgehead atoms. The predicted molar refractivity (Wildman–Crippen MR) is 184 cm³/mol. The van der Waals surface area contributed by atoms with Crippen molar-refractivity contribution in [2.45, 2.75) is 97.4 Å². The fourth-order valence-corrected chi connectivity index (χ4v) is 7.99. The van der Waals surface area contributed by atoms with Crippen molar-refractivity contribution in [3.8, 4) is 11.3 Å². The van der Waals surface area contributed by atoms with Crippen LogP contribution in [0, 0.1) is 25.2 Å². The normalized spacial score (nSPS) is 24.0. The van der Waals surface area contributed by atoms with Crippen LogP contribution in [0.1, 0.15) is 85.6 Å². The van der Waals surface area contributed by atoms with E-state index in [1.807, 2.05) is 6.92 Å². The minimum absolute atomic E-state index is 0.0199. The largest absolute Gasteiger partial charge is 0.433 e. The van der Waals surface area contributed by atoms with E-state index in [1.54, 1.807) is 37.2 Å². The molecule has 1 saturated carbocycles. The molecule has 2 amide bonds. The number of aromatic nitrogens is 6. The van der Waals surface area contributed by atoms with E-state index in [-0.39, 0.29) is 42.2 Å². The number of nitrogens with zero attached hydrogens (tertiary/aromatic N) is 7. The Kier molecular flexibility index (Phi) is 9.34. The van der Waals surface area contributed by atoms with Gasteiger partial charge in [-0.25, -0.2) is 15.0 Å². The number of alkyl halides is 3. The van der Waals surface area contributed by atoms with Gasteiger partial charge >= 0.3 is 6.18 Å². The van der Waals surface area contributed by atoms with Gasteiger partial charge in [0.25, 0.3) is 0 Å². The number of aryl methyl sites for hydroxylation is 3. The number of anilines is 1. The number of rotatable bonds is 4. The van der Waals surface area contributed by atoms with E-state index in [4.69, 9.17) is 9.72 Å². The molecule has 1 aliphatic carbocycles. The number of nitrogens with one attached hydrogen (secondary N) is 1. The Bertz CT molecular complexity index is 2050. The maximum Gasteiger partial charge on any atom is 0.433 e. The van der Waals surface area contributed by atoms with Crippen LogP contribution in [0.15, 0.2) is 30.6 Å². The summed E-state index contributed by atoms with van der Waals surface area (Å²) in [6.07, 6.45) is 4.14. The van der Waals surface area contributed by atoms with Gasteiger partial charge in [-0.1, -0.05) is 32.3 Å². The molecule has 0 aromatic carbocycles. The number of amides is 2. The second-order valence-corrected chi connectivity index (χ2v) is 14.3. The molecule has 274 valence electrons. The Hall–Kier alpha value is -4.79. The average molecular weight is 719 g/mol. The van der Waals surface area contributed by atoms with Crippen molar-refractivity contribution < 1.29 is 32.3 Å². The number of hydrogen-bond acceptors (Lipinski definition) is 9. The first-order valence-electron chi connectivity index (χ1n) is 17.7. The molecule has 52 heavy (non-hydrogen) atoms. The summed E-state index contributed by atoms with van der Waals surface area (Å²) in [7, 11) is 0. The number of piperidine rings is 1. The Morgan fingerprint density at radius 3 is 2.50 bits per heavy atom. The molecule has 2 fully saturated rings. The third-order valence-electron chi connectivity index (χ3n) is 10.9. The van der Waals surface area contributed by atoms with E-state index in [0.29, 0.717) is 58.9 Å². The lowest BCUT2D eigenvalue weighted by molar-refractivity contribution is -0.141. The predicted octanol–water partition coefficient (Wildman–Crippen LogP) is 5.89. The molecule has 12 nitrogen and oxygen atoms in total. The quantitative estimate of drug-likeness (QED) is 0.256. The Morgan fingerprint density at radius 2 is 1.77 bits per heavy atom. The van der Waals surface area contributed by atoms with Gasteiger partial charge in [0.1, 0.15) is 35.6 Å². The lowest BCUT2D eigenvalue weighted by Gasteiger charge is -2.28. The van der Waals surface area contributed by atoms with E-state index >= 15 is 0 Å². The number of halogens is 3. The first-order chi connectivity index (χ1) is 24.8. The van der Waals surface area contributed by atoms with Crippen LogP contribution in [0.4, 0.5) is 19.0 Å². The van der Waals surface area contributed by atoms with Crippen molar-refractivity contribution in [3.63, 3.8) is 0 Å². The summed E-state index contributed by atoms with van der Waals surface area (Å²) in [5.74, 6) is -0.897. The van der Waals surface area contributed by atoms with Crippen LogP contribution < -0.4 is 5.32 Å². The summed E-state index contributed by atoms with van der Waals surface area (Å²) in [4.78, 5) is 60.4. The van der Waals surface area contributed by atoms with E-state index in [0.717, 1.165) is 38.2 Å². The highest BCUT2D eigenvalue weighted by Gasteiger charge is 2.72. The average Bonchev–Trinajstić information content (AvgIpc) is 3.35. The van der Waals surface area contributed by atoms with Gasteiger partial charge in [0.15, 0.2) is 5.78 Å². The third-order valence-corrected chi connectivity index (χ3v) is 10.9. The topological polar surface area (TPSA) is 145 Å². The van der Waals surface area contributed by atoms with Gasteiger partial charge < -0.3 is 15.0 Å². The van der Waals surface area contributed by atoms with Crippen LogP contribution in [0.25, 0.3) is 22.2 Å². The first kappa shape index (κ1) is 35.6. The number of Topliss-reactive ketones (excluding diaryl/α,β-unsaturated/α-hetero) is 1. The lowest BCUT2D eigenvalue weighted by atomic mass is 9.96. The van der Waals surface area contributed by atoms with Crippen LogP contribution in [0.5, 0.6) is 0 Å². The van der Waals surface area contributed by atoms with Gasteiger partial charge in [-0.3, -0.25) is 24.0 Å². The molecule has 15 heteroatoms. The second kappa shape index (κ2) is 13.6. The Morgan fingerprint density at radius 1 is 1.04 bits per heavy atom. The molecular weight excluding hydrogens is 677 g/mol. The highest BCUT2D eigenvalue weighted by atomic mass is 19.4. The van der Waals surface area contributed by atoms with Crippen molar-refractivity contribution >= 4 is 34.3 Å². The van der Waals surface area contributed by atoms with Crippen LogP contribution in [-0.2, 0) is 33.5 Å². The summed E-state index contributed by atoms with van der Waals surface area (Å²) in [5.41, 5.74) is 1.46. The van der Waals surface area contributed by atoms with Gasteiger partial charge in [-0.2, -0.15) is 18.3 Å². The number of ether oxygens (including phenoxy) is 1. The number of ketones is 1. The molecule has 4 aromatic rings. The zero-order valence-electron chi connectivity index (χ0n) is 29.6. The fraction of sp³-hybridized carbons (Fsp3) is 0.514. The minimum atomic E-state index is -4.70. The number of carbonyl (C=O) groups excluding carboxylic acids is 3. The fourth-order valence-electron chi connectivity index (χ4n) is 7.99. The molecule has 4 aromatic heterocycles. The molecule has 1 unspecified atom stereocenters. The minimum Gasteiger partial charge on any atom is -0.381 e.